The normalized spacial score (nSPS) is 19.8. The van der Waals surface area contributed by atoms with Crippen molar-refractivity contribution >= 4 is 10.0 Å². The van der Waals surface area contributed by atoms with Crippen molar-refractivity contribution in [2.45, 2.75) is 32.1 Å². The van der Waals surface area contributed by atoms with E-state index in [1.807, 2.05) is 14.1 Å². The van der Waals surface area contributed by atoms with Crippen molar-refractivity contribution in [3.8, 4) is 0 Å². The largest absolute Gasteiger partial charge is 0.309 e. The molecule has 114 valence electrons. The van der Waals surface area contributed by atoms with Crippen LogP contribution in [0.15, 0.2) is 23.4 Å². The van der Waals surface area contributed by atoms with Crippen LogP contribution in [0.3, 0.4) is 0 Å². The van der Waals surface area contributed by atoms with Crippen molar-refractivity contribution < 1.29 is 8.42 Å². The van der Waals surface area contributed by atoms with Crippen LogP contribution in [0.5, 0.6) is 0 Å². The Bertz CT molecular complexity index is 502. The van der Waals surface area contributed by atoms with E-state index in [1.54, 1.807) is 4.31 Å². The maximum atomic E-state index is 12.1. The van der Waals surface area contributed by atoms with Crippen LogP contribution in [0.25, 0.3) is 0 Å². The quantitative estimate of drug-likeness (QED) is 0.723. The number of hydrogen-bond acceptors (Lipinski definition) is 3. The fraction of sp³-hybridized carbons (Fsp3) is 0.733. The predicted molar refractivity (Wildman–Crippen MR) is 82.8 cm³/mol. The Labute approximate surface area is 123 Å². The van der Waals surface area contributed by atoms with Crippen LogP contribution in [0.1, 0.15) is 32.1 Å². The minimum Gasteiger partial charge on any atom is -0.309 e. The molecule has 0 radical (unpaired) electrons. The summed E-state index contributed by atoms with van der Waals surface area (Å²) in [6.45, 7) is 1.48. The molecule has 20 heavy (non-hydrogen) atoms. The molecule has 1 saturated carbocycles. The second-order valence-electron chi connectivity index (χ2n) is 6.09. The van der Waals surface area contributed by atoms with E-state index >= 15 is 0 Å². The third kappa shape index (κ3) is 4.09. The van der Waals surface area contributed by atoms with Gasteiger partial charge in [-0.05, 0) is 64.2 Å². The number of rotatable bonds is 7. The molecule has 2 aliphatic carbocycles. The van der Waals surface area contributed by atoms with E-state index in [9.17, 15) is 8.42 Å². The van der Waals surface area contributed by atoms with E-state index in [2.05, 4.69) is 17.1 Å². The zero-order chi connectivity index (χ0) is 14.8. The monoisotopic (exact) mass is 298 g/mol. The first kappa shape index (κ1) is 15.6. The highest BCUT2D eigenvalue weighted by Gasteiger charge is 2.33. The first-order chi connectivity index (χ1) is 9.39. The molecule has 4 nitrogen and oxygen atoms in total. The van der Waals surface area contributed by atoms with Gasteiger partial charge in [-0.25, -0.2) is 8.42 Å². The number of nitrogens with zero attached hydrogens (tertiary/aromatic N) is 2. The van der Waals surface area contributed by atoms with Crippen LogP contribution in [0, 0.1) is 5.92 Å². The molecule has 0 heterocycles. The zero-order valence-corrected chi connectivity index (χ0v) is 13.6. The number of allylic oxidation sites excluding steroid dienone is 3. The van der Waals surface area contributed by atoms with Gasteiger partial charge in [0, 0.05) is 6.54 Å². The van der Waals surface area contributed by atoms with Gasteiger partial charge in [-0.3, -0.25) is 4.31 Å². The van der Waals surface area contributed by atoms with Crippen LogP contribution in [-0.2, 0) is 10.0 Å². The van der Waals surface area contributed by atoms with E-state index < -0.39 is 10.0 Å². The van der Waals surface area contributed by atoms with Gasteiger partial charge in [-0.1, -0.05) is 12.2 Å². The summed E-state index contributed by atoms with van der Waals surface area (Å²) in [7, 11) is 0.833. The Hall–Kier alpha value is -0.810. The van der Waals surface area contributed by atoms with Crippen LogP contribution in [0.2, 0.25) is 0 Å². The van der Waals surface area contributed by atoms with Crippen molar-refractivity contribution in [1.82, 2.24) is 9.21 Å². The molecule has 0 aromatic carbocycles. The van der Waals surface area contributed by atoms with Gasteiger partial charge in [-0.2, -0.15) is 0 Å². The van der Waals surface area contributed by atoms with Crippen molar-refractivity contribution in [2.24, 2.45) is 5.92 Å². The van der Waals surface area contributed by atoms with E-state index in [1.165, 1.54) is 24.7 Å². The molecule has 2 aliphatic rings. The summed E-state index contributed by atoms with van der Waals surface area (Å²) in [6.07, 6.45) is 11.0. The summed E-state index contributed by atoms with van der Waals surface area (Å²) in [6, 6.07) is 0. The lowest BCUT2D eigenvalue weighted by molar-refractivity contribution is 0.373. The van der Waals surface area contributed by atoms with Crippen LogP contribution in [0.4, 0.5) is 0 Å². The molecule has 5 heteroatoms. The van der Waals surface area contributed by atoms with Crippen molar-refractivity contribution in [3.63, 3.8) is 0 Å². The first-order valence-corrected chi connectivity index (χ1v) is 9.27. The average molecular weight is 298 g/mol. The molecule has 0 atom stereocenters. The molecule has 1 fully saturated rings. The first-order valence-electron chi connectivity index (χ1n) is 7.42. The molecule has 0 amide bonds. The van der Waals surface area contributed by atoms with Crippen molar-refractivity contribution in [2.75, 3.05) is 33.4 Å². The molecule has 0 saturated heterocycles. The fourth-order valence-electron chi connectivity index (χ4n) is 2.69. The predicted octanol–water partition coefficient (Wildman–Crippen LogP) is 2.21. The Morgan fingerprint density at radius 3 is 2.35 bits per heavy atom. The molecular formula is C15H26N2O2S. The van der Waals surface area contributed by atoms with Gasteiger partial charge in [0.15, 0.2) is 0 Å². The molecule has 0 aromatic rings. The second-order valence-corrected chi connectivity index (χ2v) is 8.00. The van der Waals surface area contributed by atoms with Crippen molar-refractivity contribution in [1.29, 1.82) is 0 Å². The molecular weight excluding hydrogens is 272 g/mol. The number of hydrogen-bond donors (Lipinski definition) is 0. The molecule has 0 N–H and O–H groups in total. The molecule has 0 aromatic heterocycles. The second kappa shape index (κ2) is 6.31. The Kier molecular flexibility index (Phi) is 4.91. The van der Waals surface area contributed by atoms with Crippen LogP contribution in [-0.4, -0.2) is 51.1 Å². The minimum atomic E-state index is -3.20. The third-order valence-electron chi connectivity index (χ3n) is 3.82. The van der Waals surface area contributed by atoms with Gasteiger partial charge in [0.2, 0.25) is 10.0 Å². The molecule has 0 aliphatic heterocycles. The Balaban J connectivity index is 2.13. The van der Waals surface area contributed by atoms with Crippen LogP contribution >= 0.6 is 0 Å². The summed E-state index contributed by atoms with van der Waals surface area (Å²) >= 11 is 0. The van der Waals surface area contributed by atoms with Gasteiger partial charge < -0.3 is 4.90 Å². The van der Waals surface area contributed by atoms with E-state index in [-0.39, 0.29) is 0 Å². The maximum absolute atomic E-state index is 12.1. The van der Waals surface area contributed by atoms with Gasteiger partial charge in [0.25, 0.3) is 0 Å². The smallest absolute Gasteiger partial charge is 0.232 e. The highest BCUT2D eigenvalue weighted by molar-refractivity contribution is 7.88. The Morgan fingerprint density at radius 2 is 1.80 bits per heavy atom. The lowest BCUT2D eigenvalue weighted by Gasteiger charge is -2.29. The standard InChI is InChI=1S/C15H26N2O2S/c1-16(2)11-6-12-17(20(3,18)19)15-8-5-4-7-14(15)13-9-10-13/h7-8,13H,4-6,9-12H2,1-3H3. The lowest BCUT2D eigenvalue weighted by Crippen LogP contribution is -2.33. The lowest BCUT2D eigenvalue weighted by atomic mass is 9.99. The molecule has 0 spiro atoms. The molecule has 0 unspecified atom stereocenters. The third-order valence-corrected chi connectivity index (χ3v) is 5.00. The highest BCUT2D eigenvalue weighted by Crippen LogP contribution is 2.43. The summed E-state index contributed by atoms with van der Waals surface area (Å²) in [5.41, 5.74) is 2.23. The van der Waals surface area contributed by atoms with Crippen LogP contribution < -0.4 is 0 Å². The van der Waals surface area contributed by atoms with Gasteiger partial charge >= 0.3 is 0 Å². The van der Waals surface area contributed by atoms with E-state index in [0.29, 0.717) is 12.5 Å². The minimum absolute atomic E-state index is 0.576. The summed E-state index contributed by atoms with van der Waals surface area (Å²) < 4.78 is 25.9. The molecule has 0 bridgehead atoms. The maximum Gasteiger partial charge on any atom is 0.232 e. The van der Waals surface area contributed by atoms with Gasteiger partial charge in [0.05, 0.1) is 12.0 Å². The topological polar surface area (TPSA) is 40.6 Å². The number of sulfonamides is 1. The Morgan fingerprint density at radius 1 is 1.15 bits per heavy atom. The fourth-order valence-corrected chi connectivity index (χ4v) is 3.69. The average Bonchev–Trinajstić information content (AvgIpc) is 3.17. The van der Waals surface area contributed by atoms with Gasteiger partial charge in [-0.15, -0.1) is 0 Å². The SMILES string of the molecule is CN(C)CCCN(C1=CCCC=C1C1CC1)S(C)(=O)=O. The zero-order valence-electron chi connectivity index (χ0n) is 12.8. The summed E-state index contributed by atoms with van der Waals surface area (Å²) in [5.74, 6) is 0.597. The molecule has 2 rings (SSSR count). The van der Waals surface area contributed by atoms with E-state index in [4.69, 9.17) is 0 Å². The highest BCUT2D eigenvalue weighted by atomic mass is 32.2. The summed E-state index contributed by atoms with van der Waals surface area (Å²) in [5, 5.41) is 0. The van der Waals surface area contributed by atoms with Crippen molar-refractivity contribution in [3.05, 3.63) is 23.4 Å². The summed E-state index contributed by atoms with van der Waals surface area (Å²) in [4.78, 5) is 2.09. The van der Waals surface area contributed by atoms with E-state index in [0.717, 1.165) is 31.5 Å². The van der Waals surface area contributed by atoms with Gasteiger partial charge in [0.1, 0.15) is 0 Å².